The molecule has 0 amide bonds. The first-order valence-electron chi connectivity index (χ1n) is 8.15. The summed E-state index contributed by atoms with van der Waals surface area (Å²) < 4.78 is 17.5. The maximum atomic E-state index is 13.1. The van der Waals surface area contributed by atoms with E-state index in [1.807, 2.05) is 12.1 Å². The number of rotatable bonds is 6. The summed E-state index contributed by atoms with van der Waals surface area (Å²) in [5.41, 5.74) is 0.936. The molecule has 1 atom stereocenters. The van der Waals surface area contributed by atoms with Crippen LogP contribution in [-0.4, -0.2) is 45.1 Å². The lowest BCUT2D eigenvalue weighted by atomic mass is 9.85. The zero-order valence-corrected chi connectivity index (χ0v) is 14.8. The van der Waals surface area contributed by atoms with Gasteiger partial charge in [-0.15, -0.1) is 0 Å². The van der Waals surface area contributed by atoms with Crippen LogP contribution in [0.1, 0.15) is 31.7 Å². The van der Waals surface area contributed by atoms with Gasteiger partial charge in [-0.25, -0.2) is 9.37 Å². The van der Waals surface area contributed by atoms with Gasteiger partial charge in [0.2, 0.25) is 5.13 Å². The summed E-state index contributed by atoms with van der Waals surface area (Å²) in [6.45, 7) is 7.17. The Labute approximate surface area is 145 Å². The zero-order chi connectivity index (χ0) is 17.2. The minimum absolute atomic E-state index is 0.140. The van der Waals surface area contributed by atoms with E-state index in [1.54, 1.807) is 0 Å². The Morgan fingerprint density at radius 2 is 2.12 bits per heavy atom. The Hall–Kier alpha value is -1.57. The first-order valence-corrected chi connectivity index (χ1v) is 8.93. The van der Waals surface area contributed by atoms with Gasteiger partial charge in [-0.2, -0.15) is 4.37 Å². The van der Waals surface area contributed by atoms with Crippen LogP contribution in [0.25, 0.3) is 0 Å². The molecule has 1 fully saturated rings. The van der Waals surface area contributed by atoms with Crippen LogP contribution >= 0.6 is 11.5 Å². The maximum absolute atomic E-state index is 13.1. The largest absolute Gasteiger partial charge is 0.392 e. The van der Waals surface area contributed by atoms with Gasteiger partial charge in [0.1, 0.15) is 5.82 Å². The Kier molecular flexibility index (Phi) is 5.12. The van der Waals surface area contributed by atoms with Crippen molar-refractivity contribution >= 4 is 16.7 Å². The Morgan fingerprint density at radius 3 is 2.79 bits per heavy atom. The molecule has 2 aromatic rings. The second-order valence-corrected chi connectivity index (χ2v) is 7.69. The second kappa shape index (κ2) is 7.13. The average Bonchev–Trinajstić information content (AvgIpc) is 3.15. The van der Waals surface area contributed by atoms with E-state index in [0.29, 0.717) is 19.6 Å². The molecule has 2 N–H and O–H groups in total. The van der Waals surface area contributed by atoms with E-state index < -0.39 is 0 Å². The highest BCUT2D eigenvalue weighted by Crippen LogP contribution is 2.25. The molecule has 2 heterocycles. The van der Waals surface area contributed by atoms with Crippen molar-refractivity contribution in [1.29, 1.82) is 0 Å². The van der Waals surface area contributed by atoms with Gasteiger partial charge >= 0.3 is 0 Å². The third-order valence-corrected chi connectivity index (χ3v) is 5.10. The molecule has 1 aliphatic heterocycles. The first kappa shape index (κ1) is 17.3. The van der Waals surface area contributed by atoms with E-state index in [1.165, 1.54) is 23.7 Å². The van der Waals surface area contributed by atoms with Gasteiger partial charge < -0.3 is 10.4 Å². The predicted octanol–water partition coefficient (Wildman–Crippen LogP) is 2.63. The lowest BCUT2D eigenvalue weighted by Gasteiger charge is -2.25. The topological polar surface area (TPSA) is 61.3 Å². The SMILES string of the molecule is CC(C)(CNc1nc(CN2CC[C@@H](O)C2)ns1)c1ccc(F)cc1. The zero-order valence-electron chi connectivity index (χ0n) is 14.0. The number of β-amino-alcohol motifs (C(OH)–C–C–N with tert-alkyl or cyclic N) is 1. The van der Waals surface area contributed by atoms with E-state index in [-0.39, 0.29) is 17.3 Å². The molecule has 1 saturated heterocycles. The number of nitrogens with zero attached hydrogens (tertiary/aromatic N) is 3. The van der Waals surface area contributed by atoms with Crippen LogP contribution in [0, 0.1) is 5.82 Å². The lowest BCUT2D eigenvalue weighted by molar-refractivity contribution is 0.174. The monoisotopic (exact) mass is 350 g/mol. The van der Waals surface area contributed by atoms with E-state index in [4.69, 9.17) is 0 Å². The molecule has 1 aromatic carbocycles. The van der Waals surface area contributed by atoms with Crippen molar-refractivity contribution in [3.63, 3.8) is 0 Å². The summed E-state index contributed by atoms with van der Waals surface area (Å²) >= 11 is 1.35. The van der Waals surface area contributed by atoms with Crippen LogP contribution in [0.15, 0.2) is 24.3 Å². The van der Waals surface area contributed by atoms with E-state index in [0.717, 1.165) is 29.5 Å². The van der Waals surface area contributed by atoms with Gasteiger partial charge in [-0.05, 0) is 24.1 Å². The molecule has 0 unspecified atom stereocenters. The van der Waals surface area contributed by atoms with Gasteiger partial charge in [-0.3, -0.25) is 4.90 Å². The standard InChI is InChI=1S/C17H23FN4OS/c1-17(2,12-3-5-13(18)6-4-12)11-19-16-20-15(21-24-16)10-22-8-7-14(23)9-22/h3-6,14,23H,7-11H2,1-2H3,(H,19,20,21)/t14-/m1/s1. The van der Waals surface area contributed by atoms with Gasteiger partial charge in [-0.1, -0.05) is 26.0 Å². The van der Waals surface area contributed by atoms with Crippen molar-refractivity contribution in [2.45, 2.75) is 38.3 Å². The number of aliphatic hydroxyl groups excluding tert-OH is 1. The molecule has 0 saturated carbocycles. The number of hydrogen-bond acceptors (Lipinski definition) is 6. The number of benzene rings is 1. The number of aliphatic hydroxyl groups is 1. The Morgan fingerprint density at radius 1 is 1.38 bits per heavy atom. The highest BCUT2D eigenvalue weighted by Gasteiger charge is 2.23. The smallest absolute Gasteiger partial charge is 0.202 e. The highest BCUT2D eigenvalue weighted by molar-refractivity contribution is 7.09. The van der Waals surface area contributed by atoms with Crippen molar-refractivity contribution in [3.05, 3.63) is 41.5 Å². The van der Waals surface area contributed by atoms with Crippen LogP contribution in [0.3, 0.4) is 0 Å². The summed E-state index contributed by atoms with van der Waals surface area (Å²) in [5, 5.41) is 13.7. The molecule has 5 nitrogen and oxygen atoms in total. The number of halogens is 1. The number of aromatic nitrogens is 2. The normalized spacial score (nSPS) is 18.9. The average molecular weight is 350 g/mol. The van der Waals surface area contributed by atoms with Crippen molar-refractivity contribution in [3.8, 4) is 0 Å². The van der Waals surface area contributed by atoms with E-state index in [2.05, 4.69) is 33.4 Å². The minimum atomic E-state index is -0.224. The molecule has 1 aliphatic rings. The van der Waals surface area contributed by atoms with Crippen LogP contribution in [0.2, 0.25) is 0 Å². The van der Waals surface area contributed by atoms with Crippen molar-refractivity contribution in [2.75, 3.05) is 25.0 Å². The summed E-state index contributed by atoms with van der Waals surface area (Å²) in [6, 6.07) is 6.62. The van der Waals surface area contributed by atoms with E-state index >= 15 is 0 Å². The maximum Gasteiger partial charge on any atom is 0.202 e. The molecule has 130 valence electrons. The number of nitrogens with one attached hydrogen (secondary N) is 1. The molecule has 0 spiro atoms. The molecule has 7 heteroatoms. The minimum Gasteiger partial charge on any atom is -0.392 e. The van der Waals surface area contributed by atoms with Gasteiger partial charge in [0.15, 0.2) is 5.82 Å². The van der Waals surface area contributed by atoms with Crippen molar-refractivity contribution in [1.82, 2.24) is 14.3 Å². The number of likely N-dealkylation sites (tertiary alicyclic amines) is 1. The molecule has 3 rings (SSSR count). The molecule has 0 bridgehead atoms. The first-order chi connectivity index (χ1) is 11.4. The summed E-state index contributed by atoms with van der Waals surface area (Å²) in [6.07, 6.45) is 0.596. The van der Waals surface area contributed by atoms with Crippen molar-refractivity contribution in [2.24, 2.45) is 0 Å². The van der Waals surface area contributed by atoms with Gasteiger partial charge in [0.25, 0.3) is 0 Å². The Balaban J connectivity index is 1.55. The van der Waals surface area contributed by atoms with Crippen LogP contribution in [-0.2, 0) is 12.0 Å². The third kappa shape index (κ3) is 4.28. The van der Waals surface area contributed by atoms with Crippen LogP contribution in [0.4, 0.5) is 9.52 Å². The highest BCUT2D eigenvalue weighted by atomic mass is 32.1. The molecule has 1 aromatic heterocycles. The molecule has 24 heavy (non-hydrogen) atoms. The lowest BCUT2D eigenvalue weighted by Crippen LogP contribution is -2.27. The fourth-order valence-electron chi connectivity index (χ4n) is 2.85. The summed E-state index contributed by atoms with van der Waals surface area (Å²) in [5.74, 6) is 0.569. The van der Waals surface area contributed by atoms with Gasteiger partial charge in [0.05, 0.1) is 12.6 Å². The Bertz CT molecular complexity index is 673. The predicted molar refractivity (Wildman–Crippen MR) is 93.7 cm³/mol. The fourth-order valence-corrected chi connectivity index (χ4v) is 3.42. The number of hydrogen-bond donors (Lipinski definition) is 2. The molecule has 0 aliphatic carbocycles. The second-order valence-electron chi connectivity index (χ2n) is 6.94. The quantitative estimate of drug-likeness (QED) is 0.839. The molecular weight excluding hydrogens is 327 g/mol. The third-order valence-electron chi connectivity index (χ3n) is 4.39. The van der Waals surface area contributed by atoms with E-state index in [9.17, 15) is 9.50 Å². The summed E-state index contributed by atoms with van der Waals surface area (Å²) in [4.78, 5) is 6.69. The summed E-state index contributed by atoms with van der Waals surface area (Å²) in [7, 11) is 0. The van der Waals surface area contributed by atoms with Gasteiger partial charge in [0, 0.05) is 36.6 Å². The van der Waals surface area contributed by atoms with Crippen LogP contribution in [0.5, 0.6) is 0 Å². The molecular formula is C17H23FN4OS. The molecule has 0 radical (unpaired) electrons. The van der Waals surface area contributed by atoms with Crippen molar-refractivity contribution < 1.29 is 9.50 Å². The number of anilines is 1. The van der Waals surface area contributed by atoms with Crippen LogP contribution < -0.4 is 5.32 Å². The fraction of sp³-hybridized carbons (Fsp3) is 0.529.